The Kier molecular flexibility index (Phi) is 5.49. The van der Waals surface area contributed by atoms with Gasteiger partial charge in [-0.05, 0) is 38.5 Å². The highest BCUT2D eigenvalue weighted by molar-refractivity contribution is 5.93. The molecule has 5 nitrogen and oxygen atoms in total. The van der Waals surface area contributed by atoms with Crippen LogP contribution >= 0.6 is 0 Å². The lowest BCUT2D eigenvalue weighted by Crippen LogP contribution is -2.33. The normalized spacial score (nSPS) is 10.6. The summed E-state index contributed by atoms with van der Waals surface area (Å²) < 4.78 is 14.0. The molecule has 0 heterocycles. The van der Waals surface area contributed by atoms with Gasteiger partial charge in [-0.2, -0.15) is 0 Å². The van der Waals surface area contributed by atoms with Crippen LogP contribution in [0, 0.1) is 5.82 Å². The van der Waals surface area contributed by atoms with Gasteiger partial charge in [0.1, 0.15) is 5.82 Å². The predicted octanol–water partition coefficient (Wildman–Crippen LogP) is 2.00. The van der Waals surface area contributed by atoms with Crippen molar-refractivity contribution in [1.82, 2.24) is 0 Å². The molecule has 1 rings (SSSR count). The van der Waals surface area contributed by atoms with Gasteiger partial charge in [0.25, 0.3) is 0 Å². The summed E-state index contributed by atoms with van der Waals surface area (Å²) in [4.78, 5) is 23.3. The number of anilines is 1. The molecule has 0 saturated carbocycles. The first-order valence-corrected chi connectivity index (χ1v) is 6.40. The van der Waals surface area contributed by atoms with Gasteiger partial charge in [-0.1, -0.05) is 0 Å². The van der Waals surface area contributed by atoms with Gasteiger partial charge in [-0.15, -0.1) is 0 Å². The summed E-state index contributed by atoms with van der Waals surface area (Å²) >= 11 is 0. The van der Waals surface area contributed by atoms with E-state index in [1.165, 1.54) is 12.1 Å². The zero-order valence-corrected chi connectivity index (χ0v) is 11.6. The first-order chi connectivity index (χ1) is 9.32. The number of amides is 1. The van der Waals surface area contributed by atoms with Crippen LogP contribution in [0.25, 0.3) is 0 Å². The summed E-state index contributed by atoms with van der Waals surface area (Å²) in [5.41, 5.74) is 5.55. The molecule has 1 aromatic carbocycles. The van der Waals surface area contributed by atoms with E-state index < -0.39 is 17.7 Å². The molecule has 0 aromatic heterocycles. The van der Waals surface area contributed by atoms with Crippen LogP contribution in [0.15, 0.2) is 18.2 Å². The van der Waals surface area contributed by atoms with Gasteiger partial charge >= 0.3 is 5.97 Å². The van der Waals surface area contributed by atoms with Crippen molar-refractivity contribution in [2.24, 2.45) is 5.73 Å². The van der Waals surface area contributed by atoms with Crippen LogP contribution < -0.4 is 10.6 Å². The Hall–Kier alpha value is -2.11. The summed E-state index contributed by atoms with van der Waals surface area (Å²) in [6, 6.07) is 4.08. The number of carboxylic acids is 1. The number of carbonyl (C=O) groups is 2. The van der Waals surface area contributed by atoms with Crippen molar-refractivity contribution in [1.29, 1.82) is 0 Å². The Morgan fingerprint density at radius 1 is 1.40 bits per heavy atom. The number of rotatable bonds is 7. The zero-order valence-electron chi connectivity index (χ0n) is 11.6. The molecular weight excluding hydrogens is 263 g/mol. The van der Waals surface area contributed by atoms with Crippen LogP contribution in [0.3, 0.4) is 0 Å². The van der Waals surface area contributed by atoms with E-state index in [1.54, 1.807) is 4.90 Å². The highest BCUT2D eigenvalue weighted by Gasteiger charge is 2.16. The second-order valence-electron chi connectivity index (χ2n) is 4.81. The molecule has 0 aliphatic heterocycles. The fraction of sp³-hybridized carbons (Fsp3) is 0.429. The number of hydrogen-bond acceptors (Lipinski definition) is 3. The Morgan fingerprint density at radius 3 is 2.50 bits per heavy atom. The molecule has 6 heteroatoms. The number of nitrogens with zero attached hydrogens (tertiary/aromatic N) is 1. The van der Waals surface area contributed by atoms with E-state index in [-0.39, 0.29) is 18.0 Å². The summed E-state index contributed by atoms with van der Waals surface area (Å²) in [7, 11) is 0. The standard InChI is InChI=1S/C14H19FN2O3/c1-9(2)17(7-3-4-13(18)19)12-6-5-10(14(16)20)8-11(12)15/h5-6,8-9H,3-4,7H2,1-2H3,(H2,16,20)(H,18,19). The molecule has 0 atom stereocenters. The molecule has 1 amide bonds. The van der Waals surface area contributed by atoms with E-state index in [0.29, 0.717) is 18.7 Å². The number of halogens is 1. The van der Waals surface area contributed by atoms with E-state index >= 15 is 0 Å². The number of hydrogen-bond donors (Lipinski definition) is 2. The maximum Gasteiger partial charge on any atom is 0.303 e. The van der Waals surface area contributed by atoms with E-state index in [1.807, 2.05) is 13.8 Å². The summed E-state index contributed by atoms with van der Waals surface area (Å²) in [6.07, 6.45) is 0.453. The Labute approximate surface area is 117 Å². The second-order valence-corrected chi connectivity index (χ2v) is 4.81. The molecule has 0 spiro atoms. The molecule has 20 heavy (non-hydrogen) atoms. The Bertz CT molecular complexity index is 503. The first kappa shape index (κ1) is 15.9. The zero-order chi connectivity index (χ0) is 15.3. The average molecular weight is 282 g/mol. The van der Waals surface area contributed by atoms with Crippen LogP contribution in [-0.2, 0) is 4.79 Å². The molecule has 110 valence electrons. The fourth-order valence-corrected chi connectivity index (χ4v) is 1.95. The third-order valence-corrected chi connectivity index (χ3v) is 2.95. The van der Waals surface area contributed by atoms with Crippen molar-refractivity contribution in [3.8, 4) is 0 Å². The van der Waals surface area contributed by atoms with Gasteiger partial charge in [0.15, 0.2) is 0 Å². The monoisotopic (exact) mass is 282 g/mol. The van der Waals surface area contributed by atoms with E-state index in [0.717, 1.165) is 6.07 Å². The number of carboxylic acid groups (broad SMARTS) is 1. The molecule has 3 N–H and O–H groups in total. The lowest BCUT2D eigenvalue weighted by Gasteiger charge is -2.29. The molecule has 0 radical (unpaired) electrons. The fourth-order valence-electron chi connectivity index (χ4n) is 1.95. The van der Waals surface area contributed by atoms with Crippen molar-refractivity contribution in [3.63, 3.8) is 0 Å². The molecular formula is C14H19FN2O3. The van der Waals surface area contributed by atoms with Crippen LogP contribution in [-0.4, -0.2) is 29.6 Å². The van der Waals surface area contributed by atoms with Gasteiger partial charge in [-0.3, -0.25) is 9.59 Å². The van der Waals surface area contributed by atoms with Crippen molar-refractivity contribution < 1.29 is 19.1 Å². The summed E-state index contributed by atoms with van der Waals surface area (Å²) in [5, 5.41) is 8.64. The number of primary amides is 1. The minimum Gasteiger partial charge on any atom is -0.481 e. The summed E-state index contributed by atoms with van der Waals surface area (Å²) in [6.45, 7) is 4.21. The molecule has 1 aromatic rings. The SMILES string of the molecule is CC(C)N(CCCC(=O)O)c1ccc(C(N)=O)cc1F. The highest BCUT2D eigenvalue weighted by atomic mass is 19.1. The molecule has 0 aliphatic carbocycles. The van der Waals surface area contributed by atoms with Gasteiger partial charge < -0.3 is 15.7 Å². The maximum absolute atomic E-state index is 14.0. The smallest absolute Gasteiger partial charge is 0.303 e. The lowest BCUT2D eigenvalue weighted by molar-refractivity contribution is -0.137. The quantitative estimate of drug-likeness (QED) is 0.801. The third-order valence-electron chi connectivity index (χ3n) is 2.95. The van der Waals surface area contributed by atoms with Gasteiger partial charge in [0.2, 0.25) is 5.91 Å². The number of aliphatic carboxylic acids is 1. The van der Waals surface area contributed by atoms with Crippen molar-refractivity contribution in [3.05, 3.63) is 29.6 Å². The maximum atomic E-state index is 14.0. The van der Waals surface area contributed by atoms with Crippen molar-refractivity contribution >= 4 is 17.6 Å². The minimum atomic E-state index is -0.877. The average Bonchev–Trinajstić information content (AvgIpc) is 2.34. The van der Waals surface area contributed by atoms with Crippen LogP contribution in [0.2, 0.25) is 0 Å². The van der Waals surface area contributed by atoms with Crippen molar-refractivity contribution in [2.75, 3.05) is 11.4 Å². The van der Waals surface area contributed by atoms with E-state index in [4.69, 9.17) is 10.8 Å². The number of benzene rings is 1. The molecule has 0 unspecified atom stereocenters. The predicted molar refractivity (Wildman–Crippen MR) is 74.3 cm³/mol. The van der Waals surface area contributed by atoms with Crippen LogP contribution in [0.1, 0.15) is 37.0 Å². The Morgan fingerprint density at radius 2 is 2.05 bits per heavy atom. The van der Waals surface area contributed by atoms with Crippen molar-refractivity contribution in [2.45, 2.75) is 32.7 Å². The Balaban J connectivity index is 2.91. The molecule has 0 bridgehead atoms. The number of nitrogens with two attached hydrogens (primary N) is 1. The van der Waals surface area contributed by atoms with Gasteiger partial charge in [0.05, 0.1) is 5.69 Å². The van der Waals surface area contributed by atoms with E-state index in [2.05, 4.69) is 0 Å². The largest absolute Gasteiger partial charge is 0.481 e. The minimum absolute atomic E-state index is 0.0118. The second kappa shape index (κ2) is 6.88. The molecule has 0 aliphatic rings. The number of carbonyl (C=O) groups excluding carboxylic acids is 1. The van der Waals surface area contributed by atoms with Crippen LogP contribution in [0.4, 0.5) is 10.1 Å². The third kappa shape index (κ3) is 4.22. The van der Waals surface area contributed by atoms with Gasteiger partial charge in [0, 0.05) is 24.6 Å². The highest BCUT2D eigenvalue weighted by Crippen LogP contribution is 2.23. The topological polar surface area (TPSA) is 83.6 Å². The first-order valence-electron chi connectivity index (χ1n) is 6.40. The molecule has 0 saturated heterocycles. The van der Waals surface area contributed by atoms with E-state index in [9.17, 15) is 14.0 Å². The molecule has 0 fully saturated rings. The lowest BCUT2D eigenvalue weighted by atomic mass is 10.1. The summed E-state index contributed by atoms with van der Waals surface area (Å²) in [5.74, 6) is -2.10. The van der Waals surface area contributed by atoms with Gasteiger partial charge in [-0.25, -0.2) is 4.39 Å². The van der Waals surface area contributed by atoms with Crippen LogP contribution in [0.5, 0.6) is 0 Å².